The number of nitrogens with zero attached hydrogens (tertiary/aromatic N) is 1. The van der Waals surface area contributed by atoms with Gasteiger partial charge in [0.2, 0.25) is 5.72 Å². The summed E-state index contributed by atoms with van der Waals surface area (Å²) in [4.78, 5) is 2.29. The first kappa shape index (κ1) is 19.9. The van der Waals surface area contributed by atoms with E-state index >= 15 is 0 Å². The Morgan fingerprint density at radius 1 is 0.697 bits per heavy atom. The van der Waals surface area contributed by atoms with Gasteiger partial charge in [-0.1, -0.05) is 78.9 Å². The SMILES string of the molecule is CN1c2ccccc2C(C)(C)C12C=Cc1cc(-c3ccccc3)cc(-c3ccccc3)c1O2. The van der Waals surface area contributed by atoms with Crippen molar-refractivity contribution in [1.82, 2.24) is 0 Å². The summed E-state index contributed by atoms with van der Waals surface area (Å²) in [6.07, 6.45) is 4.50. The molecular formula is C31H27NO. The van der Waals surface area contributed by atoms with E-state index < -0.39 is 5.72 Å². The first-order valence-corrected chi connectivity index (χ1v) is 11.5. The highest BCUT2D eigenvalue weighted by atomic mass is 16.5. The number of para-hydroxylation sites is 1. The van der Waals surface area contributed by atoms with Crippen LogP contribution in [0.1, 0.15) is 25.0 Å². The molecule has 33 heavy (non-hydrogen) atoms. The van der Waals surface area contributed by atoms with E-state index in [-0.39, 0.29) is 5.41 Å². The maximum Gasteiger partial charge on any atom is 0.211 e. The molecule has 0 N–H and O–H groups in total. The standard InChI is InChI=1S/C31H27NO/c1-30(2)27-16-10-11-17-28(27)32(3)31(30)19-18-24-20-25(22-12-6-4-7-13-22)21-26(29(24)33-31)23-14-8-5-9-15-23/h4-21H,1-3H3. The van der Waals surface area contributed by atoms with Crippen LogP contribution in [-0.4, -0.2) is 12.8 Å². The highest BCUT2D eigenvalue weighted by Crippen LogP contribution is 2.55. The van der Waals surface area contributed by atoms with E-state index in [1.54, 1.807) is 0 Å². The van der Waals surface area contributed by atoms with Crippen molar-refractivity contribution < 1.29 is 4.74 Å². The molecule has 2 aliphatic rings. The smallest absolute Gasteiger partial charge is 0.211 e. The summed E-state index contributed by atoms with van der Waals surface area (Å²) in [5, 5.41) is 0. The van der Waals surface area contributed by atoms with Gasteiger partial charge in [0.25, 0.3) is 0 Å². The van der Waals surface area contributed by atoms with Crippen molar-refractivity contribution >= 4 is 11.8 Å². The molecule has 2 heteroatoms. The van der Waals surface area contributed by atoms with Crippen molar-refractivity contribution in [2.45, 2.75) is 25.0 Å². The second-order valence-corrected chi connectivity index (χ2v) is 9.51. The fourth-order valence-electron chi connectivity index (χ4n) is 5.51. The average Bonchev–Trinajstić information content (AvgIpc) is 3.03. The van der Waals surface area contributed by atoms with Gasteiger partial charge in [-0.3, -0.25) is 0 Å². The second kappa shape index (κ2) is 7.11. The predicted molar refractivity (Wildman–Crippen MR) is 138 cm³/mol. The lowest BCUT2D eigenvalue weighted by Gasteiger charge is -2.46. The lowest BCUT2D eigenvalue weighted by atomic mass is 9.76. The monoisotopic (exact) mass is 429 g/mol. The Morgan fingerprint density at radius 2 is 1.33 bits per heavy atom. The Balaban J connectivity index is 1.56. The zero-order valence-electron chi connectivity index (χ0n) is 19.2. The van der Waals surface area contributed by atoms with Gasteiger partial charge in [-0.15, -0.1) is 0 Å². The molecular weight excluding hydrogens is 402 g/mol. The van der Waals surface area contributed by atoms with Crippen LogP contribution in [0.15, 0.2) is 103 Å². The molecule has 0 bridgehead atoms. The summed E-state index contributed by atoms with van der Waals surface area (Å²) in [6, 6.07) is 34.3. The molecule has 1 spiro atoms. The molecule has 0 saturated heterocycles. The number of ether oxygens (including phenoxy) is 1. The number of rotatable bonds is 2. The predicted octanol–water partition coefficient (Wildman–Crippen LogP) is 7.55. The molecule has 2 nitrogen and oxygen atoms in total. The molecule has 6 rings (SSSR count). The second-order valence-electron chi connectivity index (χ2n) is 9.51. The van der Waals surface area contributed by atoms with Gasteiger partial charge in [-0.2, -0.15) is 0 Å². The third-order valence-electron chi connectivity index (χ3n) is 7.39. The lowest BCUT2D eigenvalue weighted by molar-refractivity contribution is 0.0588. The molecule has 2 aliphatic heterocycles. The van der Waals surface area contributed by atoms with Gasteiger partial charge in [-0.05, 0) is 66.5 Å². The van der Waals surface area contributed by atoms with E-state index in [1.165, 1.54) is 22.4 Å². The summed E-state index contributed by atoms with van der Waals surface area (Å²) in [5.74, 6) is 0.941. The van der Waals surface area contributed by atoms with Crippen LogP contribution in [0.25, 0.3) is 28.3 Å². The maximum atomic E-state index is 7.11. The molecule has 4 aromatic rings. The molecule has 0 aliphatic carbocycles. The quantitative estimate of drug-likeness (QED) is 0.326. The van der Waals surface area contributed by atoms with Gasteiger partial charge in [0.1, 0.15) is 5.75 Å². The fraction of sp³-hybridized carbons (Fsp3) is 0.161. The molecule has 162 valence electrons. The zero-order chi connectivity index (χ0) is 22.6. The highest BCUT2D eigenvalue weighted by molar-refractivity contribution is 5.85. The van der Waals surface area contributed by atoms with Gasteiger partial charge in [0, 0.05) is 23.9 Å². The third kappa shape index (κ3) is 2.80. The van der Waals surface area contributed by atoms with E-state index in [0.717, 1.165) is 22.4 Å². The van der Waals surface area contributed by atoms with Crippen LogP contribution in [0.5, 0.6) is 5.75 Å². The van der Waals surface area contributed by atoms with Crippen molar-refractivity contribution in [3.05, 3.63) is 114 Å². The first-order chi connectivity index (χ1) is 16.0. The number of likely N-dealkylation sites (N-methyl/N-ethyl adjacent to an activating group) is 1. The minimum atomic E-state index is -0.596. The number of fused-ring (bicyclic) bond motifs is 2. The summed E-state index contributed by atoms with van der Waals surface area (Å²) in [7, 11) is 2.14. The van der Waals surface area contributed by atoms with E-state index in [2.05, 4.69) is 135 Å². The lowest BCUT2D eigenvalue weighted by Crippen LogP contribution is -2.58. The van der Waals surface area contributed by atoms with Crippen molar-refractivity contribution in [3.63, 3.8) is 0 Å². The highest BCUT2D eigenvalue weighted by Gasteiger charge is 2.57. The van der Waals surface area contributed by atoms with Crippen LogP contribution >= 0.6 is 0 Å². The van der Waals surface area contributed by atoms with E-state index in [0.29, 0.717) is 0 Å². The average molecular weight is 430 g/mol. The van der Waals surface area contributed by atoms with Crippen molar-refractivity contribution in [3.8, 4) is 28.0 Å². The number of benzene rings is 4. The maximum absolute atomic E-state index is 7.11. The van der Waals surface area contributed by atoms with Crippen LogP contribution in [0.4, 0.5) is 5.69 Å². The third-order valence-corrected chi connectivity index (χ3v) is 7.39. The molecule has 0 aromatic heterocycles. The Labute approximate surface area is 195 Å². The van der Waals surface area contributed by atoms with Gasteiger partial charge in [0.05, 0.1) is 5.41 Å². The van der Waals surface area contributed by atoms with Gasteiger partial charge >= 0.3 is 0 Å². The topological polar surface area (TPSA) is 12.5 Å². The molecule has 0 fully saturated rings. The molecule has 0 saturated carbocycles. The Morgan fingerprint density at radius 3 is 2.03 bits per heavy atom. The van der Waals surface area contributed by atoms with Crippen LogP contribution in [-0.2, 0) is 5.41 Å². The summed E-state index contributed by atoms with van der Waals surface area (Å²) in [5.41, 5.74) is 7.50. The molecule has 1 atom stereocenters. The normalized spacial score (nSPS) is 19.8. The summed E-state index contributed by atoms with van der Waals surface area (Å²) < 4.78 is 7.11. The fourth-order valence-corrected chi connectivity index (χ4v) is 5.51. The van der Waals surface area contributed by atoms with Crippen LogP contribution in [0, 0.1) is 0 Å². The van der Waals surface area contributed by atoms with Gasteiger partial charge in [-0.25, -0.2) is 0 Å². The van der Waals surface area contributed by atoms with Crippen molar-refractivity contribution in [2.75, 3.05) is 11.9 Å². The van der Waals surface area contributed by atoms with E-state index in [4.69, 9.17) is 4.74 Å². The molecule has 0 radical (unpaired) electrons. The summed E-state index contributed by atoms with van der Waals surface area (Å²) in [6.45, 7) is 4.57. The van der Waals surface area contributed by atoms with E-state index in [9.17, 15) is 0 Å². The Bertz CT molecular complexity index is 1370. The van der Waals surface area contributed by atoms with Crippen molar-refractivity contribution in [2.24, 2.45) is 0 Å². The minimum absolute atomic E-state index is 0.224. The summed E-state index contributed by atoms with van der Waals surface area (Å²) >= 11 is 0. The van der Waals surface area contributed by atoms with E-state index in [1.807, 2.05) is 0 Å². The molecule has 4 aromatic carbocycles. The Kier molecular flexibility index (Phi) is 4.28. The number of hydrogen-bond donors (Lipinski definition) is 0. The molecule has 2 heterocycles. The van der Waals surface area contributed by atoms with Crippen LogP contribution in [0.3, 0.4) is 0 Å². The number of anilines is 1. The minimum Gasteiger partial charge on any atom is -0.462 e. The van der Waals surface area contributed by atoms with Gasteiger partial charge in [0.15, 0.2) is 0 Å². The van der Waals surface area contributed by atoms with Crippen LogP contribution in [0.2, 0.25) is 0 Å². The van der Waals surface area contributed by atoms with Crippen LogP contribution < -0.4 is 9.64 Å². The zero-order valence-corrected chi connectivity index (χ0v) is 19.2. The molecule has 1 unspecified atom stereocenters. The Hall–Kier alpha value is -3.78. The van der Waals surface area contributed by atoms with Gasteiger partial charge < -0.3 is 9.64 Å². The van der Waals surface area contributed by atoms with Crippen molar-refractivity contribution in [1.29, 1.82) is 0 Å². The largest absolute Gasteiger partial charge is 0.462 e. The molecule has 0 amide bonds. The number of hydrogen-bond acceptors (Lipinski definition) is 2. The first-order valence-electron chi connectivity index (χ1n) is 11.5.